The Kier molecular flexibility index (Phi) is 6.98. The molecule has 1 unspecified atom stereocenters. The molecule has 35 heavy (non-hydrogen) atoms. The number of methoxy groups -OCH3 is 1. The van der Waals surface area contributed by atoms with Crippen LogP contribution in [0.25, 0.3) is 11.1 Å². The number of piperazine rings is 1. The van der Waals surface area contributed by atoms with Gasteiger partial charge in [0.1, 0.15) is 5.75 Å². The lowest BCUT2D eigenvalue weighted by Crippen LogP contribution is -2.52. The summed E-state index contributed by atoms with van der Waals surface area (Å²) in [6, 6.07) is 18.2. The predicted octanol–water partition coefficient (Wildman–Crippen LogP) is 4.74. The molecule has 0 saturated carbocycles. The van der Waals surface area contributed by atoms with Crippen LogP contribution < -0.4 is 4.74 Å². The van der Waals surface area contributed by atoms with Crippen molar-refractivity contribution >= 4 is 16.3 Å². The Labute approximate surface area is 202 Å². The fourth-order valence-corrected chi connectivity index (χ4v) is 5.47. The zero-order valence-electron chi connectivity index (χ0n) is 18.8. The van der Waals surface area contributed by atoms with E-state index in [2.05, 4.69) is 0 Å². The van der Waals surface area contributed by atoms with Gasteiger partial charge in [0, 0.05) is 30.3 Å². The van der Waals surface area contributed by atoms with Gasteiger partial charge in [0.25, 0.3) is 5.91 Å². The van der Waals surface area contributed by atoms with Gasteiger partial charge >= 0.3 is 6.18 Å². The second kappa shape index (κ2) is 9.80. The molecule has 1 amide bonds. The highest BCUT2D eigenvalue weighted by atomic mass is 32.3. The molecule has 6 nitrogen and oxygen atoms in total. The standard InChI is InChI=1S/C25H23F3N2O4S/c1-34-23-11-3-2-10-22(23)18-6-4-7-19(16-18)24(31)29-12-14-30(15-13-29)35(32,33)21-9-5-8-20(17-21)25(26,27)28/h2-11,16-17H,12-15H2,1H3. The van der Waals surface area contributed by atoms with Gasteiger partial charge in [0.2, 0.25) is 0 Å². The van der Waals surface area contributed by atoms with E-state index >= 15 is 0 Å². The largest absolute Gasteiger partial charge is 0.593 e. The molecule has 0 N–H and O–H groups in total. The molecule has 1 heterocycles. The predicted molar refractivity (Wildman–Crippen MR) is 124 cm³/mol. The molecule has 0 aromatic heterocycles. The molecule has 0 spiro atoms. The van der Waals surface area contributed by atoms with Gasteiger partial charge in [-0.25, -0.2) is 0 Å². The Balaban J connectivity index is 1.47. The Morgan fingerprint density at radius 3 is 2.31 bits per heavy atom. The van der Waals surface area contributed by atoms with Crippen LogP contribution in [0.5, 0.6) is 5.75 Å². The van der Waals surface area contributed by atoms with E-state index in [9.17, 15) is 26.7 Å². The SMILES string of the molecule is COc1ccccc1-c1cccc(C(=O)N2CCN([S+](=O)([O-])c3cccc(C(F)(F)F)c3)CC2)c1. The van der Waals surface area contributed by atoms with E-state index in [1.165, 1.54) is 0 Å². The third-order valence-electron chi connectivity index (χ3n) is 5.85. The van der Waals surface area contributed by atoms with Gasteiger partial charge in [0.15, 0.2) is 15.3 Å². The first-order chi connectivity index (χ1) is 16.6. The Morgan fingerprint density at radius 2 is 1.63 bits per heavy atom. The molecule has 1 aliphatic rings. The maximum atomic E-state index is 13.1. The van der Waals surface area contributed by atoms with E-state index in [4.69, 9.17) is 4.74 Å². The highest BCUT2D eigenvalue weighted by Gasteiger charge is 2.37. The highest BCUT2D eigenvalue weighted by molar-refractivity contribution is 7.95. The maximum absolute atomic E-state index is 13.1. The number of halogens is 3. The summed E-state index contributed by atoms with van der Waals surface area (Å²) in [5.41, 5.74) is 1.06. The normalized spacial score (nSPS) is 16.5. The number of sulfonamides is 1. The topological polar surface area (TPSA) is 72.9 Å². The molecule has 1 saturated heterocycles. The third kappa shape index (κ3) is 5.24. The first kappa shape index (κ1) is 24.9. The second-order valence-corrected chi connectivity index (χ2v) is 9.94. The average Bonchev–Trinajstić information content (AvgIpc) is 2.88. The molecule has 1 fully saturated rings. The summed E-state index contributed by atoms with van der Waals surface area (Å²) in [5.74, 6) is 0.420. The average molecular weight is 505 g/mol. The number of ether oxygens (including phenoxy) is 1. The van der Waals surface area contributed by atoms with E-state index in [0.717, 1.165) is 33.6 Å². The number of nitrogens with zero attached hydrogens (tertiary/aromatic N) is 2. The minimum absolute atomic E-state index is 0.0173. The van der Waals surface area contributed by atoms with Crippen molar-refractivity contribution in [1.82, 2.24) is 9.21 Å². The number of carbonyl (C=O) groups is 1. The third-order valence-corrected chi connectivity index (χ3v) is 7.75. The minimum atomic E-state index is -4.64. The smallest absolute Gasteiger partial charge is 0.416 e. The summed E-state index contributed by atoms with van der Waals surface area (Å²) in [5, 5.41) is 0. The van der Waals surface area contributed by atoms with E-state index in [1.54, 1.807) is 30.2 Å². The lowest BCUT2D eigenvalue weighted by molar-refractivity contribution is -0.137. The van der Waals surface area contributed by atoms with Crippen LogP contribution in [0.3, 0.4) is 0 Å². The maximum Gasteiger partial charge on any atom is 0.416 e. The summed E-state index contributed by atoms with van der Waals surface area (Å²) >= 11 is 0. The van der Waals surface area contributed by atoms with Crippen LogP contribution in [0.2, 0.25) is 0 Å². The molecular formula is C25H23F3N2O4S. The zero-order chi connectivity index (χ0) is 25.2. The van der Waals surface area contributed by atoms with Crippen molar-refractivity contribution in [3.05, 3.63) is 83.9 Å². The highest BCUT2D eigenvalue weighted by Crippen LogP contribution is 2.33. The molecule has 184 valence electrons. The Hall–Kier alpha value is -3.21. The fourth-order valence-electron chi connectivity index (χ4n) is 4.00. The van der Waals surface area contributed by atoms with Gasteiger partial charge in [-0.1, -0.05) is 40.6 Å². The van der Waals surface area contributed by atoms with Crippen molar-refractivity contribution in [2.45, 2.75) is 11.1 Å². The molecule has 0 bridgehead atoms. The van der Waals surface area contributed by atoms with Crippen molar-refractivity contribution in [2.24, 2.45) is 0 Å². The lowest BCUT2D eigenvalue weighted by Gasteiger charge is -2.35. The first-order valence-corrected chi connectivity index (χ1v) is 12.3. The number of benzene rings is 3. The number of amides is 1. The Bertz CT molecular complexity index is 1270. The van der Waals surface area contributed by atoms with Crippen LogP contribution in [0, 0.1) is 0 Å². The van der Waals surface area contributed by atoms with Crippen LogP contribution in [-0.2, 0) is 20.8 Å². The molecule has 3 aromatic rings. The molecule has 0 aliphatic carbocycles. The van der Waals surface area contributed by atoms with Gasteiger partial charge in [-0.15, -0.1) is 4.31 Å². The van der Waals surface area contributed by atoms with Crippen molar-refractivity contribution < 1.29 is 31.5 Å². The summed E-state index contributed by atoms with van der Waals surface area (Å²) in [6.07, 6.45) is -4.64. The van der Waals surface area contributed by atoms with Crippen molar-refractivity contribution in [3.8, 4) is 16.9 Å². The van der Waals surface area contributed by atoms with Gasteiger partial charge in [-0.2, -0.15) is 13.2 Å². The second-order valence-electron chi connectivity index (χ2n) is 8.00. The van der Waals surface area contributed by atoms with Gasteiger partial charge < -0.3 is 14.2 Å². The first-order valence-electron chi connectivity index (χ1n) is 10.8. The van der Waals surface area contributed by atoms with E-state index < -0.39 is 27.0 Å². The lowest BCUT2D eigenvalue weighted by atomic mass is 10.0. The van der Waals surface area contributed by atoms with Crippen molar-refractivity contribution in [3.63, 3.8) is 0 Å². The van der Waals surface area contributed by atoms with Gasteiger partial charge in [-0.3, -0.25) is 4.79 Å². The summed E-state index contributed by atoms with van der Waals surface area (Å²) in [6.45, 7) is 0.207. The molecular weight excluding hydrogens is 481 g/mol. The Morgan fingerprint density at radius 1 is 0.943 bits per heavy atom. The zero-order valence-corrected chi connectivity index (χ0v) is 19.6. The summed E-state index contributed by atoms with van der Waals surface area (Å²) < 4.78 is 71.4. The fraction of sp³-hybridized carbons (Fsp3) is 0.240. The van der Waals surface area contributed by atoms with E-state index in [1.807, 2.05) is 30.3 Å². The number of rotatable bonds is 5. The molecule has 1 atom stereocenters. The van der Waals surface area contributed by atoms with Gasteiger partial charge in [-0.05, 0) is 35.9 Å². The van der Waals surface area contributed by atoms with Gasteiger partial charge in [0.05, 0.1) is 25.8 Å². The number of hydrogen-bond acceptors (Lipinski definition) is 4. The number of para-hydroxylation sites is 1. The number of alkyl halides is 3. The summed E-state index contributed by atoms with van der Waals surface area (Å²) in [4.78, 5) is 14.2. The molecule has 1 aliphatic heterocycles. The number of carbonyl (C=O) groups excluding carboxylic acids is 1. The van der Waals surface area contributed by atoms with Crippen molar-refractivity contribution in [2.75, 3.05) is 33.3 Å². The quantitative estimate of drug-likeness (QED) is 0.471. The molecule has 0 radical (unpaired) electrons. The van der Waals surface area contributed by atoms with Crippen LogP contribution in [0.4, 0.5) is 13.2 Å². The van der Waals surface area contributed by atoms with E-state index in [-0.39, 0.29) is 32.1 Å². The van der Waals surface area contributed by atoms with Crippen LogP contribution in [0.15, 0.2) is 77.7 Å². The molecule has 10 heteroatoms. The minimum Gasteiger partial charge on any atom is -0.593 e. The molecule has 4 rings (SSSR count). The van der Waals surface area contributed by atoms with Crippen LogP contribution >= 0.6 is 0 Å². The van der Waals surface area contributed by atoms with E-state index in [0.29, 0.717) is 17.4 Å². The van der Waals surface area contributed by atoms with Crippen molar-refractivity contribution in [1.29, 1.82) is 0 Å². The monoisotopic (exact) mass is 504 g/mol. The van der Waals surface area contributed by atoms with Crippen LogP contribution in [0.1, 0.15) is 15.9 Å². The van der Waals surface area contributed by atoms with Crippen LogP contribution in [-0.4, -0.2) is 53.0 Å². The molecule has 3 aromatic carbocycles. The summed E-state index contributed by atoms with van der Waals surface area (Å²) in [7, 11) is -2.56. The number of hydrogen-bond donors (Lipinski definition) is 0.